The highest BCUT2D eigenvalue weighted by atomic mass is 16.5. The van der Waals surface area contributed by atoms with Gasteiger partial charge in [-0.1, -0.05) is 6.07 Å². The number of hydrogen-bond acceptors (Lipinski definition) is 4. The number of aliphatic imine (C=N–C) groups is 1. The Bertz CT molecular complexity index is 480. The molecule has 17 heavy (non-hydrogen) atoms. The van der Waals surface area contributed by atoms with Crippen molar-refractivity contribution in [3.63, 3.8) is 0 Å². The van der Waals surface area contributed by atoms with Gasteiger partial charge in [0, 0.05) is 12.1 Å². The van der Waals surface area contributed by atoms with Crippen LogP contribution in [0.3, 0.4) is 0 Å². The third-order valence-corrected chi connectivity index (χ3v) is 2.87. The van der Waals surface area contributed by atoms with Crippen LogP contribution >= 0.6 is 0 Å². The van der Waals surface area contributed by atoms with Crippen molar-refractivity contribution in [2.24, 2.45) is 10.9 Å². The monoisotopic (exact) mass is 233 g/mol. The highest BCUT2D eigenvalue weighted by Crippen LogP contribution is 2.28. The first kappa shape index (κ1) is 11.6. The number of cyclic esters (lactones) is 1. The van der Waals surface area contributed by atoms with Gasteiger partial charge in [0.15, 0.2) is 0 Å². The topological polar surface area (TPSA) is 58.9 Å². The summed E-state index contributed by atoms with van der Waals surface area (Å²) in [5.41, 5.74) is 2.21. The Kier molecular flexibility index (Phi) is 3.13. The molecule has 90 valence electrons. The molecular formula is C13H15NO3. The maximum absolute atomic E-state index is 11.4. The van der Waals surface area contributed by atoms with Gasteiger partial charge in [0.05, 0.1) is 12.5 Å². The smallest absolute Gasteiger partial charge is 0.314 e. The zero-order chi connectivity index (χ0) is 12.4. The van der Waals surface area contributed by atoms with Gasteiger partial charge < -0.3 is 9.84 Å². The predicted molar refractivity (Wildman–Crippen MR) is 64.7 cm³/mol. The lowest BCUT2D eigenvalue weighted by atomic mass is 10.0. The Morgan fingerprint density at radius 1 is 1.53 bits per heavy atom. The number of phenols is 1. The second kappa shape index (κ2) is 4.57. The van der Waals surface area contributed by atoms with E-state index >= 15 is 0 Å². The summed E-state index contributed by atoms with van der Waals surface area (Å²) < 4.78 is 4.90. The van der Waals surface area contributed by atoms with Crippen LogP contribution in [0.25, 0.3) is 0 Å². The van der Waals surface area contributed by atoms with Gasteiger partial charge in [0.1, 0.15) is 11.4 Å². The largest absolute Gasteiger partial charge is 0.506 e. The third-order valence-electron chi connectivity index (χ3n) is 2.87. The number of nitrogens with zero attached hydrogens (tertiary/aromatic N) is 1. The minimum atomic E-state index is -0.269. The summed E-state index contributed by atoms with van der Waals surface area (Å²) in [6.45, 7) is 4.17. The fourth-order valence-corrected chi connectivity index (χ4v) is 1.87. The summed E-state index contributed by atoms with van der Waals surface area (Å²) in [5, 5.41) is 9.67. The van der Waals surface area contributed by atoms with E-state index in [4.69, 9.17) is 4.74 Å². The molecule has 1 aromatic carbocycles. The van der Waals surface area contributed by atoms with Crippen molar-refractivity contribution < 1.29 is 14.6 Å². The van der Waals surface area contributed by atoms with E-state index in [2.05, 4.69) is 4.99 Å². The van der Waals surface area contributed by atoms with Gasteiger partial charge >= 0.3 is 5.97 Å². The number of ether oxygens (including phenoxy) is 1. The maximum atomic E-state index is 11.4. The minimum absolute atomic E-state index is 0.126. The number of aromatic hydroxyl groups is 1. The first-order valence-electron chi connectivity index (χ1n) is 5.59. The van der Waals surface area contributed by atoms with E-state index in [9.17, 15) is 9.90 Å². The van der Waals surface area contributed by atoms with E-state index in [0.29, 0.717) is 24.4 Å². The van der Waals surface area contributed by atoms with Crippen molar-refractivity contribution in [2.45, 2.75) is 20.3 Å². The molecule has 0 bridgehead atoms. The first-order chi connectivity index (χ1) is 8.08. The quantitative estimate of drug-likeness (QED) is 0.630. The summed E-state index contributed by atoms with van der Waals surface area (Å²) in [7, 11) is 0. The van der Waals surface area contributed by atoms with E-state index in [-0.39, 0.29) is 17.6 Å². The van der Waals surface area contributed by atoms with E-state index in [1.54, 1.807) is 19.1 Å². The molecule has 0 radical (unpaired) electrons. The van der Waals surface area contributed by atoms with Crippen molar-refractivity contribution in [1.82, 2.24) is 0 Å². The van der Waals surface area contributed by atoms with Crippen LogP contribution in [0.4, 0.5) is 5.69 Å². The molecule has 0 spiro atoms. The van der Waals surface area contributed by atoms with Gasteiger partial charge in [-0.05, 0) is 31.5 Å². The summed E-state index contributed by atoms with van der Waals surface area (Å²) in [5.74, 6) is -0.366. The molecule has 1 fully saturated rings. The lowest BCUT2D eigenvalue weighted by Gasteiger charge is -2.06. The number of hydrogen-bond donors (Lipinski definition) is 1. The van der Waals surface area contributed by atoms with Gasteiger partial charge in [-0.15, -0.1) is 0 Å². The van der Waals surface area contributed by atoms with Crippen molar-refractivity contribution in [3.05, 3.63) is 23.8 Å². The molecule has 0 saturated carbocycles. The molecule has 1 unspecified atom stereocenters. The molecular weight excluding hydrogens is 218 g/mol. The number of benzene rings is 1. The second-order valence-corrected chi connectivity index (χ2v) is 4.25. The number of phenolic OH excluding ortho intramolecular Hbond substituents is 1. The molecule has 1 saturated heterocycles. The SMILES string of the molecule is CC(=Nc1cc(C)ccc1O)C1CCOC1=O. The Labute approximate surface area is 99.9 Å². The molecule has 1 aliphatic rings. The Morgan fingerprint density at radius 2 is 2.29 bits per heavy atom. The normalized spacial score (nSPS) is 20.5. The fraction of sp³-hybridized carbons (Fsp3) is 0.385. The van der Waals surface area contributed by atoms with Gasteiger partial charge in [0.25, 0.3) is 0 Å². The summed E-state index contributed by atoms with van der Waals surface area (Å²) in [6, 6.07) is 5.21. The van der Waals surface area contributed by atoms with Crippen LogP contribution in [0, 0.1) is 12.8 Å². The van der Waals surface area contributed by atoms with Crippen molar-refractivity contribution >= 4 is 17.4 Å². The predicted octanol–water partition coefficient (Wildman–Crippen LogP) is 2.36. The molecule has 4 nitrogen and oxygen atoms in total. The van der Waals surface area contributed by atoms with Crippen LogP contribution in [0.2, 0.25) is 0 Å². The van der Waals surface area contributed by atoms with Crippen molar-refractivity contribution in [3.8, 4) is 5.75 Å². The lowest BCUT2D eigenvalue weighted by Crippen LogP contribution is -2.16. The number of rotatable bonds is 2. The van der Waals surface area contributed by atoms with Crippen LogP contribution in [-0.2, 0) is 9.53 Å². The van der Waals surface area contributed by atoms with E-state index in [0.717, 1.165) is 5.56 Å². The van der Waals surface area contributed by atoms with E-state index in [1.807, 2.05) is 13.0 Å². The van der Waals surface area contributed by atoms with Gasteiger partial charge in [-0.3, -0.25) is 9.79 Å². The van der Waals surface area contributed by atoms with Crippen LogP contribution in [-0.4, -0.2) is 23.4 Å². The number of esters is 1. The lowest BCUT2D eigenvalue weighted by molar-refractivity contribution is -0.139. The van der Waals surface area contributed by atoms with Gasteiger partial charge in [-0.2, -0.15) is 0 Å². The van der Waals surface area contributed by atoms with Crippen LogP contribution in [0.15, 0.2) is 23.2 Å². The minimum Gasteiger partial charge on any atom is -0.506 e. The highest BCUT2D eigenvalue weighted by molar-refractivity contribution is 6.03. The second-order valence-electron chi connectivity index (χ2n) is 4.25. The average Bonchev–Trinajstić information content (AvgIpc) is 2.70. The molecule has 0 aliphatic carbocycles. The summed E-state index contributed by atoms with van der Waals surface area (Å²) in [6.07, 6.45) is 0.667. The first-order valence-corrected chi connectivity index (χ1v) is 5.59. The van der Waals surface area contributed by atoms with Crippen molar-refractivity contribution in [1.29, 1.82) is 0 Å². The average molecular weight is 233 g/mol. The fourth-order valence-electron chi connectivity index (χ4n) is 1.87. The Hall–Kier alpha value is -1.84. The third kappa shape index (κ3) is 2.46. The van der Waals surface area contributed by atoms with E-state index < -0.39 is 0 Å². The Balaban J connectivity index is 2.28. The molecule has 1 heterocycles. The van der Waals surface area contributed by atoms with Crippen LogP contribution in [0.1, 0.15) is 18.9 Å². The van der Waals surface area contributed by atoms with Gasteiger partial charge in [-0.25, -0.2) is 0 Å². The molecule has 0 amide bonds. The maximum Gasteiger partial charge on any atom is 0.314 e. The molecule has 2 rings (SSSR count). The van der Waals surface area contributed by atoms with Gasteiger partial charge in [0.2, 0.25) is 0 Å². The van der Waals surface area contributed by atoms with Crippen LogP contribution in [0.5, 0.6) is 5.75 Å². The highest BCUT2D eigenvalue weighted by Gasteiger charge is 2.29. The number of carbonyl (C=O) groups is 1. The molecule has 1 aromatic rings. The van der Waals surface area contributed by atoms with Crippen LogP contribution < -0.4 is 0 Å². The molecule has 1 N–H and O–H groups in total. The molecule has 1 atom stereocenters. The standard InChI is InChI=1S/C13H15NO3/c1-8-3-4-12(15)11(7-8)14-9(2)10-5-6-17-13(10)16/h3-4,7,10,15H,5-6H2,1-2H3. The molecule has 0 aromatic heterocycles. The summed E-state index contributed by atoms with van der Waals surface area (Å²) >= 11 is 0. The number of aryl methyl sites for hydroxylation is 1. The van der Waals surface area contributed by atoms with Crippen molar-refractivity contribution in [2.75, 3.05) is 6.61 Å². The molecule has 4 heteroatoms. The summed E-state index contributed by atoms with van der Waals surface area (Å²) in [4.78, 5) is 15.7. The number of carbonyl (C=O) groups excluding carboxylic acids is 1. The zero-order valence-corrected chi connectivity index (χ0v) is 9.93. The Morgan fingerprint density at radius 3 is 2.94 bits per heavy atom. The van der Waals surface area contributed by atoms with E-state index in [1.165, 1.54) is 0 Å². The molecule has 1 aliphatic heterocycles. The zero-order valence-electron chi connectivity index (χ0n) is 9.93.